The smallest absolute Gasteiger partial charge is 0.0441 e. The van der Waals surface area contributed by atoms with Gasteiger partial charge in [0.1, 0.15) is 0 Å². The van der Waals surface area contributed by atoms with Crippen LogP contribution in [0.1, 0.15) is 18.2 Å². The summed E-state index contributed by atoms with van der Waals surface area (Å²) in [6.07, 6.45) is 5.72. The lowest BCUT2D eigenvalue weighted by molar-refractivity contribution is 1.05. The monoisotopic (exact) mass is 147 g/mol. The maximum atomic E-state index is 4.27. The molecule has 0 saturated carbocycles. The first kappa shape index (κ1) is 7.99. The normalized spacial score (nSPS) is 9.55. The number of allylic oxidation sites excluding steroid dienone is 1. The molecule has 0 aromatic carbocycles. The van der Waals surface area contributed by atoms with Crippen LogP contribution in [0.25, 0.3) is 0 Å². The topological polar surface area (TPSA) is 12.9 Å². The van der Waals surface area contributed by atoms with Crippen LogP contribution in [0.3, 0.4) is 0 Å². The minimum Gasteiger partial charge on any atom is -0.261 e. The highest BCUT2D eigenvalue weighted by molar-refractivity contribution is 5.15. The number of aryl methyl sites for hydroxylation is 1. The SMILES string of the molecule is C=CCc1ccc(CC)cn1. The molecule has 0 saturated heterocycles. The average molecular weight is 147 g/mol. The molecule has 0 bridgehead atoms. The van der Waals surface area contributed by atoms with E-state index in [-0.39, 0.29) is 0 Å². The Bertz CT molecular complexity index is 223. The number of aromatic nitrogens is 1. The quantitative estimate of drug-likeness (QED) is 0.598. The van der Waals surface area contributed by atoms with Crippen molar-refractivity contribution in [1.82, 2.24) is 4.98 Å². The summed E-state index contributed by atoms with van der Waals surface area (Å²) < 4.78 is 0. The first-order valence-electron chi connectivity index (χ1n) is 3.91. The van der Waals surface area contributed by atoms with Crippen molar-refractivity contribution in [2.45, 2.75) is 19.8 Å². The van der Waals surface area contributed by atoms with E-state index >= 15 is 0 Å². The molecule has 1 heterocycles. The molecule has 1 rings (SSSR count). The second kappa shape index (κ2) is 3.91. The van der Waals surface area contributed by atoms with Crippen LogP contribution < -0.4 is 0 Å². The van der Waals surface area contributed by atoms with Crippen LogP contribution in [-0.4, -0.2) is 4.98 Å². The van der Waals surface area contributed by atoms with E-state index in [0.717, 1.165) is 18.5 Å². The molecular formula is C10H13N. The molecule has 0 unspecified atom stereocenters. The van der Waals surface area contributed by atoms with Crippen molar-refractivity contribution >= 4 is 0 Å². The largest absolute Gasteiger partial charge is 0.261 e. The molecule has 1 aromatic heterocycles. The summed E-state index contributed by atoms with van der Waals surface area (Å²) in [4.78, 5) is 4.27. The molecule has 0 radical (unpaired) electrons. The van der Waals surface area contributed by atoms with Gasteiger partial charge in [-0.1, -0.05) is 19.1 Å². The summed E-state index contributed by atoms with van der Waals surface area (Å²) in [5.74, 6) is 0. The van der Waals surface area contributed by atoms with Gasteiger partial charge in [-0.2, -0.15) is 0 Å². The van der Waals surface area contributed by atoms with Crippen LogP contribution in [-0.2, 0) is 12.8 Å². The van der Waals surface area contributed by atoms with Crippen LogP contribution in [0.4, 0.5) is 0 Å². The second-order valence-corrected chi connectivity index (χ2v) is 2.50. The number of hydrogen-bond donors (Lipinski definition) is 0. The van der Waals surface area contributed by atoms with E-state index in [0.29, 0.717) is 0 Å². The molecule has 0 aliphatic rings. The molecule has 11 heavy (non-hydrogen) atoms. The van der Waals surface area contributed by atoms with Gasteiger partial charge in [-0.25, -0.2) is 0 Å². The van der Waals surface area contributed by atoms with Gasteiger partial charge >= 0.3 is 0 Å². The highest BCUT2D eigenvalue weighted by Gasteiger charge is 1.90. The maximum Gasteiger partial charge on any atom is 0.0441 e. The molecule has 58 valence electrons. The molecule has 1 nitrogen and oxygen atoms in total. The van der Waals surface area contributed by atoms with Crippen LogP contribution in [0, 0.1) is 0 Å². The molecule has 1 heteroatoms. The fourth-order valence-corrected chi connectivity index (χ4v) is 0.933. The molecule has 0 amide bonds. The van der Waals surface area contributed by atoms with Crippen molar-refractivity contribution in [1.29, 1.82) is 0 Å². The highest BCUT2D eigenvalue weighted by atomic mass is 14.7. The average Bonchev–Trinajstić information content (AvgIpc) is 2.07. The number of hydrogen-bond acceptors (Lipinski definition) is 1. The molecule has 0 N–H and O–H groups in total. The van der Waals surface area contributed by atoms with Crippen LogP contribution in [0.15, 0.2) is 31.0 Å². The standard InChI is InChI=1S/C10H13N/c1-3-5-10-7-6-9(4-2)8-11-10/h3,6-8H,1,4-5H2,2H3. The Morgan fingerprint density at radius 3 is 2.82 bits per heavy atom. The van der Waals surface area contributed by atoms with Gasteiger partial charge in [0.25, 0.3) is 0 Å². The maximum absolute atomic E-state index is 4.27. The van der Waals surface area contributed by atoms with E-state index in [2.05, 4.69) is 30.6 Å². The molecule has 0 aliphatic heterocycles. The Hall–Kier alpha value is -1.11. The van der Waals surface area contributed by atoms with Gasteiger partial charge in [0.15, 0.2) is 0 Å². The van der Waals surface area contributed by atoms with E-state index in [1.54, 1.807) is 0 Å². The molecule has 0 aliphatic carbocycles. The Morgan fingerprint density at radius 1 is 1.55 bits per heavy atom. The predicted octanol–water partition coefficient (Wildman–Crippen LogP) is 2.37. The molecule has 1 aromatic rings. The third-order valence-corrected chi connectivity index (χ3v) is 1.65. The van der Waals surface area contributed by atoms with Gasteiger partial charge in [-0.15, -0.1) is 6.58 Å². The van der Waals surface area contributed by atoms with E-state index in [1.807, 2.05) is 12.3 Å². The van der Waals surface area contributed by atoms with Crippen LogP contribution in [0.2, 0.25) is 0 Å². The van der Waals surface area contributed by atoms with E-state index in [4.69, 9.17) is 0 Å². The molecule has 0 fully saturated rings. The summed E-state index contributed by atoms with van der Waals surface area (Å²) in [5, 5.41) is 0. The molecular weight excluding hydrogens is 134 g/mol. The zero-order valence-corrected chi connectivity index (χ0v) is 6.88. The lowest BCUT2D eigenvalue weighted by atomic mass is 10.2. The van der Waals surface area contributed by atoms with Crippen molar-refractivity contribution in [3.63, 3.8) is 0 Å². The van der Waals surface area contributed by atoms with Gasteiger partial charge < -0.3 is 0 Å². The number of nitrogens with zero attached hydrogens (tertiary/aromatic N) is 1. The first-order valence-corrected chi connectivity index (χ1v) is 3.91. The molecule has 0 atom stereocenters. The highest BCUT2D eigenvalue weighted by Crippen LogP contribution is 2.01. The van der Waals surface area contributed by atoms with Gasteiger partial charge in [-0.05, 0) is 18.1 Å². The minimum absolute atomic E-state index is 0.865. The summed E-state index contributed by atoms with van der Waals surface area (Å²) in [6.45, 7) is 5.79. The number of pyridine rings is 1. The van der Waals surface area contributed by atoms with Crippen LogP contribution >= 0.6 is 0 Å². The third-order valence-electron chi connectivity index (χ3n) is 1.65. The second-order valence-electron chi connectivity index (χ2n) is 2.50. The fourth-order valence-electron chi connectivity index (χ4n) is 0.933. The summed E-state index contributed by atoms with van der Waals surface area (Å²) in [5.41, 5.74) is 2.38. The third kappa shape index (κ3) is 2.19. The van der Waals surface area contributed by atoms with Gasteiger partial charge in [0.2, 0.25) is 0 Å². The Balaban J connectivity index is 2.74. The van der Waals surface area contributed by atoms with E-state index < -0.39 is 0 Å². The minimum atomic E-state index is 0.865. The lowest BCUT2D eigenvalue weighted by Gasteiger charge is -1.97. The van der Waals surface area contributed by atoms with Crippen molar-refractivity contribution in [3.8, 4) is 0 Å². The lowest BCUT2D eigenvalue weighted by Crippen LogP contribution is -1.88. The van der Waals surface area contributed by atoms with Gasteiger partial charge in [0.05, 0.1) is 0 Å². The fraction of sp³-hybridized carbons (Fsp3) is 0.300. The summed E-state index contributed by atoms with van der Waals surface area (Å²) >= 11 is 0. The Labute approximate surface area is 67.8 Å². The zero-order valence-electron chi connectivity index (χ0n) is 6.88. The Morgan fingerprint density at radius 2 is 2.36 bits per heavy atom. The van der Waals surface area contributed by atoms with Gasteiger partial charge in [0, 0.05) is 18.3 Å². The predicted molar refractivity (Wildman–Crippen MR) is 47.5 cm³/mol. The summed E-state index contributed by atoms with van der Waals surface area (Å²) in [7, 11) is 0. The van der Waals surface area contributed by atoms with Crippen molar-refractivity contribution < 1.29 is 0 Å². The number of rotatable bonds is 3. The summed E-state index contributed by atoms with van der Waals surface area (Å²) in [6, 6.07) is 4.17. The van der Waals surface area contributed by atoms with Crippen molar-refractivity contribution in [3.05, 3.63) is 42.2 Å². The Kier molecular flexibility index (Phi) is 2.84. The van der Waals surface area contributed by atoms with E-state index in [1.165, 1.54) is 5.56 Å². The van der Waals surface area contributed by atoms with Gasteiger partial charge in [-0.3, -0.25) is 4.98 Å². The zero-order chi connectivity index (χ0) is 8.10. The van der Waals surface area contributed by atoms with E-state index in [9.17, 15) is 0 Å². The van der Waals surface area contributed by atoms with Crippen LogP contribution in [0.5, 0.6) is 0 Å². The molecule has 0 spiro atoms. The van der Waals surface area contributed by atoms with Crippen molar-refractivity contribution in [2.75, 3.05) is 0 Å². The first-order chi connectivity index (χ1) is 5.36. The van der Waals surface area contributed by atoms with Crippen molar-refractivity contribution in [2.24, 2.45) is 0 Å².